The van der Waals surface area contributed by atoms with Crippen molar-refractivity contribution in [1.82, 2.24) is 14.8 Å². The van der Waals surface area contributed by atoms with Crippen molar-refractivity contribution >= 4 is 47.1 Å². The summed E-state index contributed by atoms with van der Waals surface area (Å²) in [6.45, 7) is 5.95. The summed E-state index contributed by atoms with van der Waals surface area (Å²) >= 11 is 6.59. The van der Waals surface area contributed by atoms with E-state index in [9.17, 15) is 23.2 Å². The van der Waals surface area contributed by atoms with E-state index in [2.05, 4.69) is 10.3 Å². The van der Waals surface area contributed by atoms with Crippen LogP contribution in [0.3, 0.4) is 0 Å². The molecule has 1 aromatic carbocycles. The molecule has 2 aromatic rings. The standard InChI is InChI=1S/C25H26ClF2N5O4S/c1-25(2,3)23(35)31-17-6-15(26)7-30-18(17)12-37-24(36)33-10-13-8-32(9-14(13)11-33)22(34)16-4-5-19(38-29)21(28)20(16)27/h4-7H,8-12,29H2,1-3H3,(H,31,35). The first-order valence-electron chi connectivity index (χ1n) is 11.6. The summed E-state index contributed by atoms with van der Waals surface area (Å²) < 4.78 is 33.9. The number of hydrogen-bond donors (Lipinski definition) is 2. The van der Waals surface area contributed by atoms with Gasteiger partial charge < -0.3 is 19.9 Å². The lowest BCUT2D eigenvalue weighted by Gasteiger charge is -2.23. The first kappa shape index (κ1) is 27.8. The van der Waals surface area contributed by atoms with E-state index < -0.39 is 29.0 Å². The maximum Gasteiger partial charge on any atom is 0.410 e. The number of pyridine rings is 1. The molecule has 3 heterocycles. The Kier molecular flexibility index (Phi) is 7.96. The molecular formula is C25H26ClF2N5O4S. The molecule has 38 heavy (non-hydrogen) atoms. The first-order valence-corrected chi connectivity index (χ1v) is 12.9. The highest BCUT2D eigenvalue weighted by Gasteiger charge is 2.36. The molecule has 0 spiro atoms. The van der Waals surface area contributed by atoms with Crippen LogP contribution >= 0.6 is 23.5 Å². The Bertz CT molecular complexity index is 1330. The van der Waals surface area contributed by atoms with E-state index in [-0.39, 0.29) is 49.2 Å². The maximum absolute atomic E-state index is 14.4. The molecule has 0 fully saturated rings. The number of rotatable bonds is 5. The summed E-state index contributed by atoms with van der Waals surface area (Å²) in [5.41, 5.74) is 1.34. The van der Waals surface area contributed by atoms with Crippen molar-refractivity contribution < 1.29 is 27.9 Å². The Morgan fingerprint density at radius 3 is 2.34 bits per heavy atom. The Balaban J connectivity index is 1.34. The van der Waals surface area contributed by atoms with Crippen LogP contribution in [-0.4, -0.2) is 58.9 Å². The lowest BCUT2D eigenvalue weighted by Crippen LogP contribution is -2.37. The summed E-state index contributed by atoms with van der Waals surface area (Å²) in [5.74, 6) is -3.28. The summed E-state index contributed by atoms with van der Waals surface area (Å²) in [6.07, 6.45) is 0.802. The Hall–Kier alpha value is -3.22. The van der Waals surface area contributed by atoms with Crippen LogP contribution < -0.4 is 10.5 Å². The number of halogens is 3. The predicted molar refractivity (Wildman–Crippen MR) is 138 cm³/mol. The van der Waals surface area contributed by atoms with Crippen molar-refractivity contribution in [1.29, 1.82) is 0 Å². The second-order valence-corrected chi connectivity index (χ2v) is 11.1. The molecule has 0 unspecified atom stereocenters. The lowest BCUT2D eigenvalue weighted by atomic mass is 9.95. The fourth-order valence-electron chi connectivity index (χ4n) is 4.03. The lowest BCUT2D eigenvalue weighted by molar-refractivity contribution is -0.123. The van der Waals surface area contributed by atoms with Crippen LogP contribution in [0.15, 0.2) is 40.4 Å². The molecule has 0 bridgehead atoms. The number of nitrogens with one attached hydrogen (secondary N) is 1. The van der Waals surface area contributed by atoms with E-state index in [0.29, 0.717) is 28.4 Å². The SMILES string of the molecule is CC(C)(C)C(=O)Nc1cc(Cl)cnc1COC(=O)N1CC2=C(C1)CN(C(=O)c1ccc(SN)c(F)c1F)C2. The van der Waals surface area contributed by atoms with Gasteiger partial charge in [0.25, 0.3) is 5.91 Å². The van der Waals surface area contributed by atoms with Gasteiger partial charge in [0.15, 0.2) is 11.6 Å². The number of hydrogen-bond acceptors (Lipinski definition) is 7. The van der Waals surface area contributed by atoms with E-state index in [1.807, 2.05) is 0 Å². The van der Waals surface area contributed by atoms with Crippen molar-refractivity contribution in [2.75, 3.05) is 31.5 Å². The minimum absolute atomic E-state index is 0.0900. The zero-order valence-electron chi connectivity index (χ0n) is 20.9. The third-order valence-electron chi connectivity index (χ3n) is 6.18. The molecule has 2 aliphatic heterocycles. The van der Waals surface area contributed by atoms with Crippen molar-refractivity contribution in [3.05, 3.63) is 63.5 Å². The molecule has 0 saturated heterocycles. The highest BCUT2D eigenvalue weighted by Crippen LogP contribution is 2.30. The third kappa shape index (κ3) is 5.77. The second kappa shape index (κ2) is 10.9. The number of anilines is 1. The Labute approximate surface area is 227 Å². The smallest absolute Gasteiger partial charge is 0.410 e. The van der Waals surface area contributed by atoms with Gasteiger partial charge in [-0.3, -0.25) is 19.7 Å². The minimum Gasteiger partial charge on any atom is -0.443 e. The monoisotopic (exact) mass is 565 g/mol. The largest absolute Gasteiger partial charge is 0.443 e. The van der Waals surface area contributed by atoms with Crippen LogP contribution in [0.25, 0.3) is 0 Å². The van der Waals surface area contributed by atoms with Gasteiger partial charge in [-0.15, -0.1) is 0 Å². The van der Waals surface area contributed by atoms with Crippen molar-refractivity contribution in [2.24, 2.45) is 10.6 Å². The molecule has 0 radical (unpaired) electrons. The van der Waals surface area contributed by atoms with Crippen LogP contribution in [0, 0.1) is 17.0 Å². The average molecular weight is 566 g/mol. The van der Waals surface area contributed by atoms with E-state index in [1.165, 1.54) is 34.2 Å². The van der Waals surface area contributed by atoms with Gasteiger partial charge in [0.1, 0.15) is 12.3 Å². The number of benzene rings is 1. The highest BCUT2D eigenvalue weighted by molar-refractivity contribution is 7.97. The molecule has 3 N–H and O–H groups in total. The molecule has 9 nitrogen and oxygen atoms in total. The van der Waals surface area contributed by atoms with Crippen LogP contribution in [-0.2, 0) is 16.1 Å². The van der Waals surface area contributed by atoms with Gasteiger partial charge in [0.2, 0.25) is 5.91 Å². The molecular weight excluding hydrogens is 540 g/mol. The van der Waals surface area contributed by atoms with E-state index >= 15 is 0 Å². The zero-order chi connectivity index (χ0) is 27.8. The quantitative estimate of drug-likeness (QED) is 0.408. The Morgan fingerprint density at radius 1 is 1.11 bits per heavy atom. The van der Waals surface area contributed by atoms with E-state index in [0.717, 1.165) is 11.1 Å². The van der Waals surface area contributed by atoms with Crippen LogP contribution in [0.5, 0.6) is 0 Å². The van der Waals surface area contributed by atoms with E-state index in [1.54, 1.807) is 20.8 Å². The van der Waals surface area contributed by atoms with Gasteiger partial charge in [-0.25, -0.2) is 13.6 Å². The number of amides is 3. The van der Waals surface area contributed by atoms with Gasteiger partial charge in [-0.1, -0.05) is 32.4 Å². The summed E-state index contributed by atoms with van der Waals surface area (Å²) in [4.78, 5) is 45.0. The van der Waals surface area contributed by atoms with Gasteiger partial charge in [-0.05, 0) is 41.3 Å². The van der Waals surface area contributed by atoms with Crippen LogP contribution in [0.2, 0.25) is 5.02 Å². The van der Waals surface area contributed by atoms with Gasteiger partial charge in [-0.2, -0.15) is 0 Å². The van der Waals surface area contributed by atoms with Gasteiger partial charge in [0.05, 0.1) is 21.2 Å². The summed E-state index contributed by atoms with van der Waals surface area (Å²) in [7, 11) is 0. The molecule has 0 atom stereocenters. The summed E-state index contributed by atoms with van der Waals surface area (Å²) in [5, 5.41) is 8.40. The normalized spacial score (nSPS) is 15.1. The zero-order valence-corrected chi connectivity index (χ0v) is 22.5. The Morgan fingerprint density at radius 2 is 1.74 bits per heavy atom. The number of ether oxygens (including phenoxy) is 1. The second-order valence-electron chi connectivity index (χ2n) is 9.99. The van der Waals surface area contributed by atoms with Crippen LogP contribution in [0.1, 0.15) is 36.8 Å². The number of nitrogens with zero attached hydrogens (tertiary/aromatic N) is 3. The third-order valence-corrected chi connectivity index (χ3v) is 6.95. The first-order chi connectivity index (χ1) is 17.9. The molecule has 2 aliphatic rings. The number of nitrogens with two attached hydrogens (primary N) is 1. The topological polar surface area (TPSA) is 118 Å². The molecule has 3 amide bonds. The van der Waals surface area contributed by atoms with Gasteiger partial charge >= 0.3 is 6.09 Å². The number of aromatic nitrogens is 1. The fraction of sp³-hybridized carbons (Fsp3) is 0.360. The number of carbonyl (C=O) groups is 3. The minimum atomic E-state index is -1.24. The van der Waals surface area contributed by atoms with Crippen LogP contribution in [0.4, 0.5) is 19.3 Å². The van der Waals surface area contributed by atoms with Gasteiger partial charge in [0, 0.05) is 37.8 Å². The van der Waals surface area contributed by atoms with E-state index in [4.69, 9.17) is 21.5 Å². The average Bonchev–Trinajstić information content (AvgIpc) is 3.44. The molecule has 4 rings (SSSR count). The molecule has 0 saturated carbocycles. The molecule has 1 aromatic heterocycles. The maximum atomic E-state index is 14.4. The molecule has 202 valence electrons. The van der Waals surface area contributed by atoms with Crippen molar-refractivity contribution in [2.45, 2.75) is 32.3 Å². The molecule has 0 aliphatic carbocycles. The number of carbonyl (C=O) groups excluding carboxylic acids is 3. The molecule has 13 heteroatoms. The predicted octanol–water partition coefficient (Wildman–Crippen LogP) is 4.37. The van der Waals surface area contributed by atoms with Crippen molar-refractivity contribution in [3.8, 4) is 0 Å². The summed E-state index contributed by atoms with van der Waals surface area (Å²) in [6, 6.07) is 4.02. The van der Waals surface area contributed by atoms with Crippen molar-refractivity contribution in [3.63, 3.8) is 0 Å². The fourth-order valence-corrected chi connectivity index (χ4v) is 4.53. The highest BCUT2D eigenvalue weighted by atomic mass is 35.5.